The molecule has 0 aromatic carbocycles. The third-order valence-corrected chi connectivity index (χ3v) is 2.05. The SMILES string of the molecule is CCCn1cc(C)nc1NCCC(F)(F)F. The first-order valence-corrected chi connectivity index (χ1v) is 5.27. The number of alkyl halides is 3. The fraction of sp³-hybridized carbons (Fsp3) is 0.700. The Labute approximate surface area is 92.7 Å². The normalized spacial score (nSPS) is 11.8. The van der Waals surface area contributed by atoms with Gasteiger partial charge in [-0.15, -0.1) is 0 Å². The molecule has 92 valence electrons. The molecular formula is C10H16F3N3. The van der Waals surface area contributed by atoms with Gasteiger partial charge in [0.05, 0.1) is 12.1 Å². The van der Waals surface area contributed by atoms with E-state index in [1.54, 1.807) is 0 Å². The Hall–Kier alpha value is -1.20. The summed E-state index contributed by atoms with van der Waals surface area (Å²) in [7, 11) is 0. The van der Waals surface area contributed by atoms with Crippen molar-refractivity contribution in [3.8, 4) is 0 Å². The lowest BCUT2D eigenvalue weighted by Crippen LogP contribution is -2.16. The quantitative estimate of drug-likeness (QED) is 0.850. The van der Waals surface area contributed by atoms with Crippen LogP contribution in [0.3, 0.4) is 0 Å². The molecule has 0 bridgehead atoms. The largest absolute Gasteiger partial charge is 0.390 e. The van der Waals surface area contributed by atoms with Crippen LogP contribution in [0.4, 0.5) is 19.1 Å². The summed E-state index contributed by atoms with van der Waals surface area (Å²) in [6, 6.07) is 0. The van der Waals surface area contributed by atoms with Gasteiger partial charge in [-0.2, -0.15) is 13.2 Å². The highest BCUT2D eigenvalue weighted by Crippen LogP contribution is 2.19. The second kappa shape index (κ2) is 5.23. The number of aromatic nitrogens is 2. The van der Waals surface area contributed by atoms with E-state index in [1.165, 1.54) is 0 Å². The number of anilines is 1. The number of halogens is 3. The molecule has 0 amide bonds. The van der Waals surface area contributed by atoms with Crippen molar-refractivity contribution in [3.63, 3.8) is 0 Å². The van der Waals surface area contributed by atoms with Crippen LogP contribution < -0.4 is 5.32 Å². The van der Waals surface area contributed by atoms with Crippen molar-refractivity contribution in [2.75, 3.05) is 11.9 Å². The lowest BCUT2D eigenvalue weighted by Gasteiger charge is -2.10. The Morgan fingerprint density at radius 1 is 1.44 bits per heavy atom. The predicted molar refractivity (Wildman–Crippen MR) is 56.4 cm³/mol. The summed E-state index contributed by atoms with van der Waals surface area (Å²) in [6.07, 6.45) is -2.21. The van der Waals surface area contributed by atoms with Crippen LogP contribution in [-0.4, -0.2) is 22.3 Å². The van der Waals surface area contributed by atoms with Crippen LogP contribution in [0.25, 0.3) is 0 Å². The van der Waals surface area contributed by atoms with Gasteiger partial charge in [-0.3, -0.25) is 0 Å². The van der Waals surface area contributed by atoms with Gasteiger partial charge < -0.3 is 9.88 Å². The van der Waals surface area contributed by atoms with Gasteiger partial charge in [0, 0.05) is 19.3 Å². The van der Waals surface area contributed by atoms with Crippen molar-refractivity contribution in [2.45, 2.75) is 39.4 Å². The molecule has 0 spiro atoms. The fourth-order valence-electron chi connectivity index (χ4n) is 1.42. The summed E-state index contributed by atoms with van der Waals surface area (Å²) >= 11 is 0. The zero-order chi connectivity index (χ0) is 12.2. The zero-order valence-corrected chi connectivity index (χ0v) is 9.43. The molecule has 0 aliphatic rings. The summed E-state index contributed by atoms with van der Waals surface area (Å²) < 4.78 is 37.7. The van der Waals surface area contributed by atoms with Gasteiger partial charge >= 0.3 is 6.18 Å². The van der Waals surface area contributed by atoms with Gasteiger partial charge in [0.2, 0.25) is 5.95 Å². The average Bonchev–Trinajstić information content (AvgIpc) is 2.45. The molecule has 1 N–H and O–H groups in total. The van der Waals surface area contributed by atoms with Gasteiger partial charge in [0.15, 0.2) is 0 Å². The number of aryl methyl sites for hydroxylation is 2. The minimum absolute atomic E-state index is 0.135. The van der Waals surface area contributed by atoms with Gasteiger partial charge in [-0.05, 0) is 13.3 Å². The van der Waals surface area contributed by atoms with E-state index in [1.807, 2.05) is 24.6 Å². The van der Waals surface area contributed by atoms with Crippen molar-refractivity contribution < 1.29 is 13.2 Å². The van der Waals surface area contributed by atoms with Crippen LogP contribution in [0.2, 0.25) is 0 Å². The number of nitrogens with zero attached hydrogens (tertiary/aromatic N) is 2. The lowest BCUT2D eigenvalue weighted by molar-refractivity contribution is -0.131. The maximum atomic E-state index is 11.9. The van der Waals surface area contributed by atoms with E-state index in [9.17, 15) is 13.2 Å². The Bertz CT molecular complexity index is 331. The first-order chi connectivity index (χ1) is 7.42. The summed E-state index contributed by atoms with van der Waals surface area (Å²) in [5.74, 6) is 0.517. The molecule has 16 heavy (non-hydrogen) atoms. The molecule has 1 rings (SSSR count). The van der Waals surface area contributed by atoms with Crippen molar-refractivity contribution >= 4 is 5.95 Å². The van der Waals surface area contributed by atoms with Crippen molar-refractivity contribution in [1.82, 2.24) is 9.55 Å². The van der Waals surface area contributed by atoms with E-state index >= 15 is 0 Å². The molecule has 0 aliphatic carbocycles. The third kappa shape index (κ3) is 4.12. The van der Waals surface area contributed by atoms with Gasteiger partial charge in [0.25, 0.3) is 0 Å². The molecule has 0 aliphatic heterocycles. The van der Waals surface area contributed by atoms with Crippen LogP contribution in [0.1, 0.15) is 25.5 Å². The Balaban J connectivity index is 2.52. The van der Waals surface area contributed by atoms with Gasteiger partial charge in [-0.1, -0.05) is 6.92 Å². The summed E-state index contributed by atoms with van der Waals surface area (Å²) in [6.45, 7) is 4.45. The van der Waals surface area contributed by atoms with E-state index in [4.69, 9.17) is 0 Å². The molecule has 3 nitrogen and oxygen atoms in total. The predicted octanol–water partition coefficient (Wildman–Crippen LogP) is 2.97. The van der Waals surface area contributed by atoms with Crippen molar-refractivity contribution in [2.24, 2.45) is 0 Å². The van der Waals surface area contributed by atoms with E-state index in [0.29, 0.717) is 5.95 Å². The van der Waals surface area contributed by atoms with Crippen LogP contribution in [0, 0.1) is 6.92 Å². The molecule has 0 saturated heterocycles. The smallest absolute Gasteiger partial charge is 0.355 e. The number of hydrogen-bond acceptors (Lipinski definition) is 2. The molecule has 0 fully saturated rings. The average molecular weight is 235 g/mol. The van der Waals surface area contributed by atoms with Gasteiger partial charge in [-0.25, -0.2) is 4.98 Å². The topological polar surface area (TPSA) is 29.9 Å². The number of nitrogens with one attached hydrogen (secondary N) is 1. The molecule has 1 heterocycles. The minimum Gasteiger partial charge on any atom is -0.355 e. The molecule has 1 aromatic heterocycles. The van der Waals surface area contributed by atoms with Crippen LogP contribution >= 0.6 is 0 Å². The molecule has 0 saturated carbocycles. The Morgan fingerprint density at radius 2 is 2.12 bits per heavy atom. The molecular weight excluding hydrogens is 219 g/mol. The van der Waals surface area contributed by atoms with Crippen LogP contribution in [0.15, 0.2) is 6.20 Å². The summed E-state index contributed by atoms with van der Waals surface area (Å²) in [5, 5.41) is 2.71. The first-order valence-electron chi connectivity index (χ1n) is 5.27. The highest BCUT2D eigenvalue weighted by Gasteiger charge is 2.26. The summed E-state index contributed by atoms with van der Waals surface area (Å²) in [5.41, 5.74) is 0.808. The summed E-state index contributed by atoms with van der Waals surface area (Å²) in [4.78, 5) is 4.13. The Morgan fingerprint density at radius 3 is 2.69 bits per heavy atom. The Kier molecular flexibility index (Phi) is 4.20. The maximum Gasteiger partial charge on any atom is 0.390 e. The van der Waals surface area contributed by atoms with Gasteiger partial charge in [0.1, 0.15) is 0 Å². The van der Waals surface area contributed by atoms with E-state index in [2.05, 4.69) is 10.3 Å². The molecule has 0 radical (unpaired) electrons. The highest BCUT2D eigenvalue weighted by atomic mass is 19.4. The number of hydrogen-bond donors (Lipinski definition) is 1. The monoisotopic (exact) mass is 235 g/mol. The second-order valence-corrected chi connectivity index (χ2v) is 3.69. The third-order valence-electron chi connectivity index (χ3n) is 2.05. The van der Waals surface area contributed by atoms with E-state index < -0.39 is 12.6 Å². The molecule has 0 atom stereocenters. The molecule has 1 aromatic rings. The number of rotatable bonds is 5. The van der Waals surface area contributed by atoms with Crippen LogP contribution in [0.5, 0.6) is 0 Å². The molecule has 6 heteroatoms. The minimum atomic E-state index is -4.12. The molecule has 0 unspecified atom stereocenters. The zero-order valence-electron chi connectivity index (χ0n) is 9.43. The number of imidazole rings is 1. The standard InChI is InChI=1S/C10H16F3N3/c1-3-6-16-7-8(2)15-9(16)14-5-4-10(11,12)13/h7H,3-6H2,1-2H3,(H,14,15). The van der Waals surface area contributed by atoms with E-state index in [-0.39, 0.29) is 6.54 Å². The van der Waals surface area contributed by atoms with E-state index in [0.717, 1.165) is 18.7 Å². The highest BCUT2D eigenvalue weighted by molar-refractivity contribution is 5.28. The second-order valence-electron chi connectivity index (χ2n) is 3.69. The lowest BCUT2D eigenvalue weighted by atomic mass is 10.4. The van der Waals surface area contributed by atoms with Crippen LogP contribution in [-0.2, 0) is 6.54 Å². The van der Waals surface area contributed by atoms with Crippen molar-refractivity contribution in [3.05, 3.63) is 11.9 Å². The van der Waals surface area contributed by atoms with Crippen molar-refractivity contribution in [1.29, 1.82) is 0 Å². The maximum absolute atomic E-state index is 11.9. The first kappa shape index (κ1) is 12.9. The fourth-order valence-corrected chi connectivity index (χ4v) is 1.42.